The average molecular weight is 291 g/mol. The Kier molecular flexibility index (Phi) is 5.05. The molecular formula is C17H30N2Si. The summed E-state index contributed by atoms with van der Waals surface area (Å²) in [6, 6.07) is 10.6. The topological polar surface area (TPSA) is 29.3 Å². The van der Waals surface area contributed by atoms with Gasteiger partial charge in [0.05, 0.1) is 8.07 Å². The molecule has 1 aliphatic heterocycles. The van der Waals surface area contributed by atoms with Gasteiger partial charge in [0.15, 0.2) is 0 Å². The average Bonchev–Trinajstić information content (AvgIpc) is 2.40. The van der Waals surface area contributed by atoms with Gasteiger partial charge in [-0.25, -0.2) is 0 Å². The molecule has 2 rings (SSSR count). The zero-order valence-corrected chi connectivity index (χ0v) is 14.5. The summed E-state index contributed by atoms with van der Waals surface area (Å²) in [5.41, 5.74) is 7.38. The number of rotatable bonds is 4. The van der Waals surface area contributed by atoms with Gasteiger partial charge in [-0.15, -0.1) is 0 Å². The maximum Gasteiger partial charge on any atom is 0.0775 e. The first-order valence-corrected chi connectivity index (χ1v) is 11.5. The Bertz CT molecular complexity index is 422. The largest absolute Gasteiger partial charge is 0.329 e. The first kappa shape index (κ1) is 15.7. The molecule has 0 aromatic heterocycles. The highest BCUT2D eigenvalue weighted by Gasteiger charge is 2.26. The summed E-state index contributed by atoms with van der Waals surface area (Å²) in [6.07, 6.45) is 3.89. The van der Waals surface area contributed by atoms with Gasteiger partial charge < -0.3 is 5.73 Å². The van der Waals surface area contributed by atoms with E-state index < -0.39 is 8.07 Å². The van der Waals surface area contributed by atoms with E-state index in [2.05, 4.69) is 55.7 Å². The van der Waals surface area contributed by atoms with Crippen molar-refractivity contribution >= 4 is 13.3 Å². The lowest BCUT2D eigenvalue weighted by Gasteiger charge is -2.40. The van der Waals surface area contributed by atoms with Gasteiger partial charge in [0.2, 0.25) is 0 Å². The number of hydrogen-bond donors (Lipinski definition) is 1. The van der Waals surface area contributed by atoms with Crippen molar-refractivity contribution in [3.05, 3.63) is 29.8 Å². The van der Waals surface area contributed by atoms with Crippen LogP contribution in [0.25, 0.3) is 0 Å². The van der Waals surface area contributed by atoms with Gasteiger partial charge in [0.1, 0.15) is 0 Å². The fraction of sp³-hybridized carbons (Fsp3) is 0.647. The molecule has 112 valence electrons. The van der Waals surface area contributed by atoms with Crippen LogP contribution in [0.5, 0.6) is 0 Å². The Balaban J connectivity index is 2.08. The number of benzene rings is 1. The smallest absolute Gasteiger partial charge is 0.0775 e. The quantitative estimate of drug-likeness (QED) is 0.864. The van der Waals surface area contributed by atoms with Crippen LogP contribution in [0.1, 0.15) is 31.7 Å². The van der Waals surface area contributed by atoms with Gasteiger partial charge in [-0.05, 0) is 25.3 Å². The van der Waals surface area contributed by atoms with Crippen LogP contribution in [0.4, 0.5) is 0 Å². The second-order valence-electron chi connectivity index (χ2n) is 7.29. The van der Waals surface area contributed by atoms with Crippen molar-refractivity contribution in [2.24, 2.45) is 5.73 Å². The molecule has 0 bridgehead atoms. The minimum Gasteiger partial charge on any atom is -0.329 e. The van der Waals surface area contributed by atoms with E-state index in [1.165, 1.54) is 24.8 Å². The van der Waals surface area contributed by atoms with Crippen LogP contribution in [-0.2, 0) is 6.54 Å². The Morgan fingerprint density at radius 3 is 2.35 bits per heavy atom. The summed E-state index contributed by atoms with van der Waals surface area (Å²) in [4.78, 5) is 2.60. The number of hydrogen-bond acceptors (Lipinski definition) is 2. The molecule has 2 atom stereocenters. The minimum absolute atomic E-state index is 0.565. The lowest BCUT2D eigenvalue weighted by molar-refractivity contribution is 0.0892. The lowest BCUT2D eigenvalue weighted by Crippen LogP contribution is -2.48. The van der Waals surface area contributed by atoms with E-state index in [-0.39, 0.29) is 0 Å². The number of piperidine rings is 1. The summed E-state index contributed by atoms with van der Waals surface area (Å²) in [5.74, 6) is 0. The maximum atomic E-state index is 5.95. The molecule has 0 spiro atoms. The summed E-state index contributed by atoms with van der Waals surface area (Å²) in [6.45, 7) is 11.4. The standard InChI is InChI=1S/C17H30N2Si/c1-14-6-5-7-16(12-18)19(14)13-15-8-10-17(11-9-15)20(2,3)4/h8-11,14,16H,5-7,12-13,18H2,1-4H3. The van der Waals surface area contributed by atoms with E-state index in [4.69, 9.17) is 5.73 Å². The normalized spacial score (nSPS) is 24.9. The van der Waals surface area contributed by atoms with E-state index >= 15 is 0 Å². The van der Waals surface area contributed by atoms with Crippen molar-refractivity contribution in [2.75, 3.05) is 6.54 Å². The zero-order chi connectivity index (χ0) is 14.8. The number of nitrogens with zero attached hydrogens (tertiary/aromatic N) is 1. The van der Waals surface area contributed by atoms with Crippen LogP contribution in [0.3, 0.4) is 0 Å². The summed E-state index contributed by atoms with van der Waals surface area (Å²) in [7, 11) is -1.18. The maximum absolute atomic E-state index is 5.95. The highest BCUT2D eigenvalue weighted by Crippen LogP contribution is 2.24. The molecule has 1 fully saturated rings. The molecule has 2 nitrogen and oxygen atoms in total. The molecule has 1 saturated heterocycles. The molecule has 1 heterocycles. The molecule has 0 radical (unpaired) electrons. The van der Waals surface area contributed by atoms with Crippen LogP contribution in [0.15, 0.2) is 24.3 Å². The summed E-state index contributed by atoms with van der Waals surface area (Å²) in [5, 5.41) is 1.54. The van der Waals surface area contributed by atoms with Gasteiger partial charge in [0, 0.05) is 25.2 Å². The monoisotopic (exact) mass is 290 g/mol. The molecule has 1 aromatic rings. The Hall–Kier alpha value is -0.643. The van der Waals surface area contributed by atoms with Gasteiger partial charge in [-0.2, -0.15) is 0 Å². The lowest BCUT2D eigenvalue weighted by atomic mass is 9.95. The van der Waals surface area contributed by atoms with Gasteiger partial charge >= 0.3 is 0 Å². The van der Waals surface area contributed by atoms with Crippen LogP contribution in [-0.4, -0.2) is 31.6 Å². The van der Waals surface area contributed by atoms with Crippen molar-refractivity contribution in [3.8, 4) is 0 Å². The first-order chi connectivity index (χ1) is 9.41. The zero-order valence-electron chi connectivity index (χ0n) is 13.5. The molecular weight excluding hydrogens is 260 g/mol. The van der Waals surface area contributed by atoms with Crippen molar-refractivity contribution < 1.29 is 0 Å². The fourth-order valence-electron chi connectivity index (χ4n) is 3.20. The third-order valence-electron chi connectivity index (χ3n) is 4.65. The minimum atomic E-state index is -1.18. The predicted octanol–water partition coefficient (Wildman–Crippen LogP) is 2.93. The Labute approximate surface area is 125 Å². The summed E-state index contributed by atoms with van der Waals surface area (Å²) >= 11 is 0. The molecule has 20 heavy (non-hydrogen) atoms. The second kappa shape index (κ2) is 6.42. The molecule has 0 aliphatic carbocycles. The Morgan fingerprint density at radius 2 is 1.80 bits per heavy atom. The number of likely N-dealkylation sites (tertiary alicyclic amines) is 1. The predicted molar refractivity (Wildman–Crippen MR) is 91.1 cm³/mol. The molecule has 3 heteroatoms. The third kappa shape index (κ3) is 3.71. The molecule has 1 aliphatic rings. The third-order valence-corrected chi connectivity index (χ3v) is 6.72. The molecule has 0 saturated carbocycles. The highest BCUT2D eigenvalue weighted by molar-refractivity contribution is 6.88. The van der Waals surface area contributed by atoms with Gasteiger partial charge in [-0.1, -0.05) is 55.5 Å². The van der Waals surface area contributed by atoms with E-state index in [9.17, 15) is 0 Å². The van der Waals surface area contributed by atoms with Gasteiger partial charge in [0.25, 0.3) is 0 Å². The molecule has 1 aromatic carbocycles. The Morgan fingerprint density at radius 1 is 1.15 bits per heavy atom. The first-order valence-electron chi connectivity index (χ1n) is 7.97. The van der Waals surface area contributed by atoms with Gasteiger partial charge in [-0.3, -0.25) is 4.90 Å². The van der Waals surface area contributed by atoms with Crippen LogP contribution >= 0.6 is 0 Å². The highest BCUT2D eigenvalue weighted by atomic mass is 28.3. The van der Waals surface area contributed by atoms with E-state index in [1.54, 1.807) is 5.19 Å². The van der Waals surface area contributed by atoms with Crippen LogP contribution in [0.2, 0.25) is 19.6 Å². The van der Waals surface area contributed by atoms with Crippen molar-refractivity contribution in [2.45, 2.75) is 64.5 Å². The molecule has 2 N–H and O–H groups in total. The van der Waals surface area contributed by atoms with Crippen molar-refractivity contribution in [1.29, 1.82) is 0 Å². The van der Waals surface area contributed by atoms with Crippen molar-refractivity contribution in [1.82, 2.24) is 4.90 Å². The SMILES string of the molecule is CC1CCCC(CN)N1Cc1ccc([Si](C)(C)C)cc1. The fourth-order valence-corrected chi connectivity index (χ4v) is 4.37. The van der Waals surface area contributed by atoms with E-state index in [0.717, 1.165) is 13.1 Å². The molecule has 2 unspecified atom stereocenters. The van der Waals surface area contributed by atoms with E-state index in [1.807, 2.05) is 0 Å². The van der Waals surface area contributed by atoms with E-state index in [0.29, 0.717) is 12.1 Å². The van der Waals surface area contributed by atoms with Crippen molar-refractivity contribution in [3.63, 3.8) is 0 Å². The second-order valence-corrected chi connectivity index (χ2v) is 12.4. The van der Waals surface area contributed by atoms with Crippen LogP contribution in [0, 0.1) is 0 Å². The molecule has 0 amide bonds. The summed E-state index contributed by atoms with van der Waals surface area (Å²) < 4.78 is 0. The number of nitrogens with two attached hydrogens (primary N) is 1. The van der Waals surface area contributed by atoms with Crippen LogP contribution < -0.4 is 10.9 Å².